The zero-order valence-corrected chi connectivity index (χ0v) is 9.80. The van der Waals surface area contributed by atoms with E-state index < -0.39 is 0 Å². The SMILES string of the molecule is CC(C)C(=O)CCC1CCC(C)(C)O1. The summed E-state index contributed by atoms with van der Waals surface area (Å²) in [6.45, 7) is 8.16. The third-order valence-corrected chi connectivity index (χ3v) is 2.91. The zero-order chi connectivity index (χ0) is 10.8. The van der Waals surface area contributed by atoms with E-state index in [0.29, 0.717) is 18.3 Å². The van der Waals surface area contributed by atoms with Crippen molar-refractivity contribution >= 4 is 5.78 Å². The molecule has 1 aliphatic rings. The van der Waals surface area contributed by atoms with E-state index >= 15 is 0 Å². The minimum atomic E-state index is 0.0333. The molecule has 1 fully saturated rings. The van der Waals surface area contributed by atoms with Crippen molar-refractivity contribution in [2.75, 3.05) is 0 Å². The Morgan fingerprint density at radius 2 is 2.14 bits per heavy atom. The molecule has 0 aliphatic carbocycles. The van der Waals surface area contributed by atoms with Gasteiger partial charge in [-0.05, 0) is 33.1 Å². The van der Waals surface area contributed by atoms with Gasteiger partial charge < -0.3 is 4.74 Å². The van der Waals surface area contributed by atoms with Crippen molar-refractivity contribution in [1.82, 2.24) is 0 Å². The average Bonchev–Trinajstić information content (AvgIpc) is 2.41. The van der Waals surface area contributed by atoms with Crippen molar-refractivity contribution in [3.05, 3.63) is 0 Å². The first-order valence-electron chi connectivity index (χ1n) is 5.61. The van der Waals surface area contributed by atoms with Crippen molar-refractivity contribution in [2.24, 2.45) is 5.92 Å². The lowest BCUT2D eigenvalue weighted by molar-refractivity contribution is -0.122. The zero-order valence-electron chi connectivity index (χ0n) is 9.80. The van der Waals surface area contributed by atoms with Gasteiger partial charge in [-0.25, -0.2) is 0 Å². The fourth-order valence-electron chi connectivity index (χ4n) is 1.87. The van der Waals surface area contributed by atoms with E-state index in [-0.39, 0.29) is 11.5 Å². The molecular formula is C12H22O2. The highest BCUT2D eigenvalue weighted by molar-refractivity contribution is 5.80. The Hall–Kier alpha value is -0.370. The number of ether oxygens (including phenoxy) is 1. The molecule has 0 bridgehead atoms. The van der Waals surface area contributed by atoms with Crippen LogP contribution in [0.4, 0.5) is 0 Å². The van der Waals surface area contributed by atoms with Crippen LogP contribution in [-0.4, -0.2) is 17.5 Å². The van der Waals surface area contributed by atoms with Crippen LogP contribution >= 0.6 is 0 Å². The molecule has 1 saturated heterocycles. The van der Waals surface area contributed by atoms with Crippen molar-refractivity contribution in [1.29, 1.82) is 0 Å². The molecule has 1 atom stereocenters. The highest BCUT2D eigenvalue weighted by Crippen LogP contribution is 2.31. The maximum absolute atomic E-state index is 11.4. The van der Waals surface area contributed by atoms with E-state index in [9.17, 15) is 4.79 Å². The molecule has 0 amide bonds. The number of rotatable bonds is 4. The van der Waals surface area contributed by atoms with E-state index in [1.807, 2.05) is 13.8 Å². The topological polar surface area (TPSA) is 26.3 Å². The Bertz CT molecular complexity index is 206. The average molecular weight is 198 g/mol. The number of carbonyl (C=O) groups is 1. The van der Waals surface area contributed by atoms with E-state index in [4.69, 9.17) is 4.74 Å². The quantitative estimate of drug-likeness (QED) is 0.694. The lowest BCUT2D eigenvalue weighted by Crippen LogP contribution is -2.20. The highest BCUT2D eigenvalue weighted by Gasteiger charge is 2.31. The molecule has 82 valence electrons. The lowest BCUT2D eigenvalue weighted by Gasteiger charge is -2.19. The Morgan fingerprint density at radius 3 is 2.57 bits per heavy atom. The first kappa shape index (κ1) is 11.7. The summed E-state index contributed by atoms with van der Waals surface area (Å²) in [7, 11) is 0. The first-order valence-corrected chi connectivity index (χ1v) is 5.61. The molecule has 14 heavy (non-hydrogen) atoms. The fraction of sp³-hybridized carbons (Fsp3) is 0.917. The van der Waals surface area contributed by atoms with Gasteiger partial charge in [0, 0.05) is 12.3 Å². The summed E-state index contributed by atoms with van der Waals surface area (Å²) in [5.74, 6) is 0.530. The van der Waals surface area contributed by atoms with Gasteiger partial charge in [0.2, 0.25) is 0 Å². The Morgan fingerprint density at radius 1 is 1.50 bits per heavy atom. The fourth-order valence-corrected chi connectivity index (χ4v) is 1.87. The smallest absolute Gasteiger partial charge is 0.135 e. The largest absolute Gasteiger partial charge is 0.372 e. The van der Waals surface area contributed by atoms with Gasteiger partial charge >= 0.3 is 0 Å². The Kier molecular flexibility index (Phi) is 3.71. The molecule has 1 unspecified atom stereocenters. The molecular weight excluding hydrogens is 176 g/mol. The van der Waals surface area contributed by atoms with E-state index in [1.165, 1.54) is 0 Å². The van der Waals surface area contributed by atoms with Crippen molar-refractivity contribution in [3.63, 3.8) is 0 Å². The standard InChI is InChI=1S/C12H22O2/c1-9(2)11(13)6-5-10-7-8-12(3,4)14-10/h9-10H,5-8H2,1-4H3. The van der Waals surface area contributed by atoms with Gasteiger partial charge in [-0.1, -0.05) is 13.8 Å². The minimum Gasteiger partial charge on any atom is -0.372 e. The molecule has 0 aromatic heterocycles. The Labute approximate surface area is 87.0 Å². The third-order valence-electron chi connectivity index (χ3n) is 2.91. The van der Waals surface area contributed by atoms with Crippen LogP contribution in [0.15, 0.2) is 0 Å². The van der Waals surface area contributed by atoms with Gasteiger partial charge in [-0.15, -0.1) is 0 Å². The number of carbonyl (C=O) groups excluding carboxylic acids is 1. The molecule has 0 N–H and O–H groups in total. The monoisotopic (exact) mass is 198 g/mol. The predicted molar refractivity (Wildman–Crippen MR) is 57.3 cm³/mol. The molecule has 0 radical (unpaired) electrons. The lowest BCUT2D eigenvalue weighted by atomic mass is 10.0. The summed E-state index contributed by atoms with van der Waals surface area (Å²) in [5, 5.41) is 0. The van der Waals surface area contributed by atoms with Crippen LogP contribution in [0.1, 0.15) is 53.4 Å². The summed E-state index contributed by atoms with van der Waals surface area (Å²) in [6.07, 6.45) is 4.12. The van der Waals surface area contributed by atoms with Gasteiger partial charge in [0.05, 0.1) is 11.7 Å². The molecule has 0 saturated carbocycles. The van der Waals surface area contributed by atoms with Crippen molar-refractivity contribution in [2.45, 2.75) is 65.1 Å². The highest BCUT2D eigenvalue weighted by atomic mass is 16.5. The van der Waals surface area contributed by atoms with Crippen LogP contribution in [0.5, 0.6) is 0 Å². The molecule has 1 heterocycles. The molecule has 1 aliphatic heterocycles. The second-order valence-electron chi connectivity index (χ2n) is 5.20. The van der Waals surface area contributed by atoms with Gasteiger partial charge in [-0.2, -0.15) is 0 Å². The van der Waals surface area contributed by atoms with E-state index in [0.717, 1.165) is 19.3 Å². The van der Waals surface area contributed by atoms with Gasteiger partial charge in [0.1, 0.15) is 5.78 Å². The molecule has 2 heteroatoms. The van der Waals surface area contributed by atoms with Gasteiger partial charge in [0.25, 0.3) is 0 Å². The second kappa shape index (κ2) is 4.43. The number of ketones is 1. The third kappa shape index (κ3) is 3.41. The van der Waals surface area contributed by atoms with Crippen LogP contribution in [0.3, 0.4) is 0 Å². The van der Waals surface area contributed by atoms with Gasteiger partial charge in [-0.3, -0.25) is 4.79 Å². The molecule has 0 aromatic rings. The van der Waals surface area contributed by atoms with Crippen molar-refractivity contribution in [3.8, 4) is 0 Å². The molecule has 1 rings (SSSR count). The maximum Gasteiger partial charge on any atom is 0.135 e. The van der Waals surface area contributed by atoms with E-state index in [1.54, 1.807) is 0 Å². The minimum absolute atomic E-state index is 0.0333. The summed E-state index contributed by atoms with van der Waals surface area (Å²) >= 11 is 0. The summed E-state index contributed by atoms with van der Waals surface area (Å²) in [4.78, 5) is 11.4. The number of hydrogen-bond donors (Lipinski definition) is 0. The first-order chi connectivity index (χ1) is 6.41. The summed E-state index contributed by atoms with van der Waals surface area (Å²) in [5.41, 5.74) is 0.0333. The summed E-state index contributed by atoms with van der Waals surface area (Å²) < 4.78 is 5.83. The molecule has 0 aromatic carbocycles. The van der Waals surface area contributed by atoms with Crippen molar-refractivity contribution < 1.29 is 9.53 Å². The number of Topliss-reactive ketones (excluding diaryl/α,β-unsaturated/α-hetero) is 1. The summed E-state index contributed by atoms with van der Waals surface area (Å²) in [6, 6.07) is 0. The maximum atomic E-state index is 11.4. The van der Waals surface area contributed by atoms with E-state index in [2.05, 4.69) is 13.8 Å². The normalized spacial score (nSPS) is 25.6. The second-order valence-corrected chi connectivity index (χ2v) is 5.20. The molecule has 2 nitrogen and oxygen atoms in total. The van der Waals surface area contributed by atoms with Crippen LogP contribution < -0.4 is 0 Å². The predicted octanol–water partition coefficient (Wildman–Crippen LogP) is 2.95. The van der Waals surface area contributed by atoms with Crippen LogP contribution in [-0.2, 0) is 9.53 Å². The van der Waals surface area contributed by atoms with Crippen LogP contribution in [0, 0.1) is 5.92 Å². The van der Waals surface area contributed by atoms with Gasteiger partial charge in [0.15, 0.2) is 0 Å². The van der Waals surface area contributed by atoms with Crippen LogP contribution in [0.2, 0.25) is 0 Å². The molecule has 0 spiro atoms. The number of hydrogen-bond acceptors (Lipinski definition) is 2. The Balaban J connectivity index is 2.24. The van der Waals surface area contributed by atoms with Crippen LogP contribution in [0.25, 0.3) is 0 Å².